The fourth-order valence-electron chi connectivity index (χ4n) is 4.59. The number of anilines is 2. The van der Waals surface area contributed by atoms with Crippen LogP contribution in [0.5, 0.6) is 5.75 Å². The van der Waals surface area contributed by atoms with Gasteiger partial charge in [0.1, 0.15) is 34.7 Å². The van der Waals surface area contributed by atoms with Gasteiger partial charge in [0.25, 0.3) is 11.9 Å². The molecule has 1 amide bonds. The molecule has 1 aliphatic heterocycles. The lowest BCUT2D eigenvalue weighted by atomic mass is 9.97. The Morgan fingerprint density at radius 1 is 1.21 bits per heavy atom. The summed E-state index contributed by atoms with van der Waals surface area (Å²) in [7, 11) is 1.79. The third kappa shape index (κ3) is 6.96. The van der Waals surface area contributed by atoms with E-state index in [1.165, 1.54) is 18.5 Å². The Hall–Kier alpha value is -3.89. The summed E-state index contributed by atoms with van der Waals surface area (Å²) in [6.45, 7) is 11.5. The minimum Gasteiger partial charge on any atom is -0.489 e. The zero-order valence-electron chi connectivity index (χ0n) is 23.5. The summed E-state index contributed by atoms with van der Waals surface area (Å²) in [5.74, 6) is 0.573. The van der Waals surface area contributed by atoms with Crippen molar-refractivity contribution < 1.29 is 18.7 Å². The van der Waals surface area contributed by atoms with Gasteiger partial charge in [0, 0.05) is 32.7 Å². The average molecular weight is 540 g/mol. The summed E-state index contributed by atoms with van der Waals surface area (Å²) < 4.78 is 27.1. The molecule has 0 atom stereocenters. The smallest absolute Gasteiger partial charge is 0.284 e. The number of likely N-dealkylation sites (tertiary alicyclic amines) is 1. The monoisotopic (exact) mass is 539 g/mol. The fraction of sp³-hybridized carbons (Fsp3) is 0.500. The fourth-order valence-corrected chi connectivity index (χ4v) is 4.59. The molecule has 1 aromatic carbocycles. The number of nitrogens with one attached hydrogen (secondary N) is 3. The Morgan fingerprint density at radius 2 is 1.92 bits per heavy atom. The summed E-state index contributed by atoms with van der Waals surface area (Å²) >= 11 is 0. The third-order valence-electron chi connectivity index (χ3n) is 6.47. The van der Waals surface area contributed by atoms with Gasteiger partial charge in [-0.05, 0) is 71.6 Å². The molecule has 4 rings (SSSR count). The van der Waals surface area contributed by atoms with Crippen molar-refractivity contribution in [2.75, 3.05) is 25.0 Å². The second kappa shape index (κ2) is 11.5. The molecule has 11 heteroatoms. The average Bonchev–Trinajstić information content (AvgIpc) is 3.20. The van der Waals surface area contributed by atoms with Crippen molar-refractivity contribution >= 4 is 34.5 Å². The number of ether oxygens (including phenoxy) is 2. The number of hydrogen-bond acceptors (Lipinski definition) is 7. The summed E-state index contributed by atoms with van der Waals surface area (Å²) in [5.41, 5.74) is 1.88. The largest absolute Gasteiger partial charge is 0.489 e. The van der Waals surface area contributed by atoms with Crippen LogP contribution < -0.4 is 15.4 Å². The molecule has 39 heavy (non-hydrogen) atoms. The van der Waals surface area contributed by atoms with Gasteiger partial charge in [-0.2, -0.15) is 0 Å². The molecule has 2 aromatic heterocycles. The topological polar surface area (TPSA) is 117 Å². The van der Waals surface area contributed by atoms with E-state index in [2.05, 4.69) is 20.6 Å². The molecule has 0 aliphatic carbocycles. The second-order valence-electron chi connectivity index (χ2n) is 11.1. The highest BCUT2D eigenvalue weighted by atomic mass is 19.1. The first-order valence-corrected chi connectivity index (χ1v) is 13.3. The number of nitrogens with zero attached hydrogens (tertiary/aromatic N) is 4. The Bertz CT molecular complexity index is 1340. The van der Waals surface area contributed by atoms with E-state index in [0.29, 0.717) is 46.4 Å². The van der Waals surface area contributed by atoms with Crippen LogP contribution in [0.25, 0.3) is 11.0 Å². The Labute approximate surface area is 228 Å². The van der Waals surface area contributed by atoms with E-state index in [4.69, 9.17) is 14.9 Å². The third-order valence-corrected chi connectivity index (χ3v) is 6.47. The lowest BCUT2D eigenvalue weighted by Gasteiger charge is -2.35. The number of aryl methyl sites for hydroxylation is 1. The van der Waals surface area contributed by atoms with Gasteiger partial charge in [0.2, 0.25) is 0 Å². The van der Waals surface area contributed by atoms with Crippen LogP contribution >= 0.6 is 0 Å². The van der Waals surface area contributed by atoms with Gasteiger partial charge in [0.15, 0.2) is 5.82 Å². The van der Waals surface area contributed by atoms with E-state index in [0.717, 1.165) is 25.9 Å². The molecule has 3 heterocycles. The van der Waals surface area contributed by atoms with Crippen molar-refractivity contribution in [2.45, 2.75) is 59.2 Å². The van der Waals surface area contributed by atoms with Crippen molar-refractivity contribution in [3.63, 3.8) is 0 Å². The highest BCUT2D eigenvalue weighted by Gasteiger charge is 2.26. The van der Waals surface area contributed by atoms with E-state index >= 15 is 0 Å². The molecule has 0 radical (unpaired) electrons. The highest BCUT2D eigenvalue weighted by molar-refractivity contribution is 6.00. The Morgan fingerprint density at radius 3 is 2.59 bits per heavy atom. The van der Waals surface area contributed by atoms with Crippen molar-refractivity contribution in [3.8, 4) is 5.75 Å². The Balaban J connectivity index is 1.43. The standard InChI is InChI=1S/C28H38FN7O3/c1-17(2)38-23-13-19(29)7-8-20(23)34-25-24-21(32-16-33-25)14-22(35(24)6)26(37)31-15-18-9-11-36(12-10-18)27(30)39-28(3,4)5/h7-8,13-14,16-18,30H,9-12,15H2,1-6H3,(H,31,37)(H,32,33,34). The van der Waals surface area contributed by atoms with Gasteiger partial charge in [-0.25, -0.2) is 14.4 Å². The number of fused-ring (bicyclic) bond motifs is 1. The predicted molar refractivity (Wildman–Crippen MR) is 149 cm³/mol. The zero-order valence-corrected chi connectivity index (χ0v) is 23.5. The lowest BCUT2D eigenvalue weighted by molar-refractivity contribution is 0.0757. The Kier molecular flexibility index (Phi) is 8.27. The van der Waals surface area contributed by atoms with Crippen LogP contribution in [0.4, 0.5) is 15.9 Å². The summed E-state index contributed by atoms with van der Waals surface area (Å²) in [6, 6.07) is 6.22. The van der Waals surface area contributed by atoms with E-state index in [-0.39, 0.29) is 18.0 Å². The van der Waals surface area contributed by atoms with Gasteiger partial charge >= 0.3 is 0 Å². The normalized spacial score (nSPS) is 14.5. The number of hydrogen-bond donors (Lipinski definition) is 3. The minimum atomic E-state index is -0.399. The number of aromatic nitrogens is 3. The van der Waals surface area contributed by atoms with Crippen molar-refractivity contribution in [1.82, 2.24) is 24.8 Å². The summed E-state index contributed by atoms with van der Waals surface area (Å²) in [4.78, 5) is 23.8. The number of piperidine rings is 1. The maximum absolute atomic E-state index is 13.9. The van der Waals surface area contributed by atoms with Gasteiger partial charge in [-0.1, -0.05) is 0 Å². The molecule has 0 spiro atoms. The second-order valence-corrected chi connectivity index (χ2v) is 11.1. The number of halogens is 1. The molecule has 210 valence electrons. The number of carbonyl (C=O) groups is 1. The predicted octanol–water partition coefficient (Wildman–Crippen LogP) is 4.83. The quantitative estimate of drug-likeness (QED) is 0.291. The van der Waals surface area contributed by atoms with Crippen LogP contribution in [0.1, 0.15) is 57.9 Å². The molecule has 0 bridgehead atoms. The maximum Gasteiger partial charge on any atom is 0.284 e. The molecular formula is C28H38FN7O3. The van der Waals surface area contributed by atoms with Gasteiger partial charge in [-0.3, -0.25) is 10.2 Å². The molecule has 0 saturated carbocycles. The first kappa shape index (κ1) is 28.1. The van der Waals surface area contributed by atoms with Crippen LogP contribution in [0.15, 0.2) is 30.6 Å². The van der Waals surface area contributed by atoms with Gasteiger partial charge in [0.05, 0.1) is 17.3 Å². The van der Waals surface area contributed by atoms with E-state index in [1.807, 2.05) is 39.5 Å². The van der Waals surface area contributed by atoms with Crippen LogP contribution in [0.3, 0.4) is 0 Å². The number of rotatable bonds is 7. The summed E-state index contributed by atoms with van der Waals surface area (Å²) in [5, 5.41) is 14.5. The highest BCUT2D eigenvalue weighted by Crippen LogP contribution is 2.32. The van der Waals surface area contributed by atoms with Crippen LogP contribution in [0, 0.1) is 17.1 Å². The molecule has 10 nitrogen and oxygen atoms in total. The number of benzene rings is 1. The molecule has 0 unspecified atom stereocenters. The van der Waals surface area contributed by atoms with Crippen LogP contribution in [-0.4, -0.2) is 62.7 Å². The van der Waals surface area contributed by atoms with Crippen molar-refractivity contribution in [1.29, 1.82) is 5.41 Å². The number of carbonyl (C=O) groups excluding carboxylic acids is 1. The molecule has 1 fully saturated rings. The number of amides is 1. The molecule has 3 aromatic rings. The van der Waals surface area contributed by atoms with E-state index in [9.17, 15) is 9.18 Å². The van der Waals surface area contributed by atoms with Gasteiger partial charge in [-0.15, -0.1) is 0 Å². The maximum atomic E-state index is 13.9. The van der Waals surface area contributed by atoms with Crippen LogP contribution in [0.2, 0.25) is 0 Å². The van der Waals surface area contributed by atoms with E-state index < -0.39 is 11.4 Å². The summed E-state index contributed by atoms with van der Waals surface area (Å²) in [6.07, 6.45) is 3.01. The first-order chi connectivity index (χ1) is 18.4. The van der Waals surface area contributed by atoms with Crippen molar-refractivity contribution in [2.24, 2.45) is 13.0 Å². The molecule has 1 saturated heterocycles. The zero-order chi connectivity index (χ0) is 28.3. The molecular weight excluding hydrogens is 501 g/mol. The van der Waals surface area contributed by atoms with Crippen molar-refractivity contribution in [3.05, 3.63) is 42.1 Å². The van der Waals surface area contributed by atoms with E-state index in [1.54, 1.807) is 23.7 Å². The van der Waals surface area contributed by atoms with Crippen LogP contribution in [-0.2, 0) is 11.8 Å². The molecule has 1 aliphatic rings. The first-order valence-electron chi connectivity index (χ1n) is 13.3. The number of amidine groups is 1. The lowest BCUT2D eigenvalue weighted by Crippen LogP contribution is -2.44. The van der Waals surface area contributed by atoms with Gasteiger partial charge < -0.3 is 29.6 Å². The SMILES string of the molecule is CC(C)Oc1cc(F)ccc1Nc1ncnc2cc(C(=O)NCC3CCN(C(=N)OC(C)(C)C)CC3)n(C)c12. The molecule has 3 N–H and O–H groups in total. The minimum absolute atomic E-state index is 0.140.